The molecule has 0 N–H and O–H groups in total. The largest absolute Gasteiger partial charge is 0.467 e. The number of hydroxylamine groups is 2. The van der Waals surface area contributed by atoms with E-state index in [1.165, 1.54) is 7.11 Å². The average Bonchev–Trinajstić information content (AvgIpc) is 2.94. The molecule has 1 aliphatic rings. The molecule has 4 heteroatoms. The van der Waals surface area contributed by atoms with Crippen LogP contribution in [0.1, 0.15) is 17.5 Å². The molecular formula is C18H19NO3. The van der Waals surface area contributed by atoms with Gasteiger partial charge in [0.15, 0.2) is 6.10 Å². The Morgan fingerprint density at radius 3 is 2.05 bits per heavy atom. The second-order valence-corrected chi connectivity index (χ2v) is 5.41. The van der Waals surface area contributed by atoms with Crippen molar-refractivity contribution in [3.63, 3.8) is 0 Å². The maximum atomic E-state index is 11.9. The summed E-state index contributed by atoms with van der Waals surface area (Å²) in [6.07, 6.45) is -0.0834. The Bertz CT molecular complexity index is 602. The van der Waals surface area contributed by atoms with Crippen molar-refractivity contribution in [1.29, 1.82) is 0 Å². The van der Waals surface area contributed by atoms with E-state index < -0.39 is 11.6 Å². The lowest BCUT2D eigenvalue weighted by Crippen LogP contribution is -2.38. The first-order chi connectivity index (χ1) is 10.7. The standard InChI is InChI=1S/C18H19NO3/c1-19-18(14-9-5-3-6-10-14,15-11-7-4-8-12-15)13-16(22-19)17(20)21-2/h3-12,16H,13H2,1-2H3. The minimum atomic E-state index is -0.601. The van der Waals surface area contributed by atoms with E-state index in [0.717, 1.165) is 11.1 Å². The van der Waals surface area contributed by atoms with Crippen LogP contribution in [0.2, 0.25) is 0 Å². The lowest BCUT2D eigenvalue weighted by atomic mass is 9.79. The number of methoxy groups -OCH3 is 1. The summed E-state index contributed by atoms with van der Waals surface area (Å²) in [6.45, 7) is 0. The van der Waals surface area contributed by atoms with E-state index in [0.29, 0.717) is 6.42 Å². The van der Waals surface area contributed by atoms with Crippen LogP contribution in [-0.4, -0.2) is 31.3 Å². The molecule has 1 aliphatic heterocycles. The van der Waals surface area contributed by atoms with Gasteiger partial charge in [0.1, 0.15) is 0 Å². The molecule has 0 aromatic heterocycles. The maximum Gasteiger partial charge on any atom is 0.337 e. The van der Waals surface area contributed by atoms with Crippen LogP contribution in [0.25, 0.3) is 0 Å². The minimum Gasteiger partial charge on any atom is -0.467 e. The second kappa shape index (κ2) is 5.91. The van der Waals surface area contributed by atoms with Crippen molar-refractivity contribution in [2.75, 3.05) is 14.2 Å². The topological polar surface area (TPSA) is 38.8 Å². The Morgan fingerprint density at radius 2 is 1.59 bits per heavy atom. The van der Waals surface area contributed by atoms with Gasteiger partial charge in [-0.1, -0.05) is 60.7 Å². The van der Waals surface area contributed by atoms with Crippen LogP contribution < -0.4 is 0 Å². The van der Waals surface area contributed by atoms with E-state index in [1.807, 2.05) is 43.4 Å². The van der Waals surface area contributed by atoms with Crippen LogP contribution in [0.5, 0.6) is 0 Å². The maximum absolute atomic E-state index is 11.9. The number of rotatable bonds is 3. The summed E-state index contributed by atoms with van der Waals surface area (Å²) in [5, 5.41) is 1.78. The van der Waals surface area contributed by atoms with E-state index in [-0.39, 0.29) is 5.97 Å². The molecule has 3 rings (SSSR count). The lowest BCUT2D eigenvalue weighted by Gasteiger charge is -2.35. The Hall–Kier alpha value is -2.17. The lowest BCUT2D eigenvalue weighted by molar-refractivity contribution is -0.186. The Kier molecular flexibility index (Phi) is 3.96. The first-order valence-electron chi connectivity index (χ1n) is 7.28. The summed E-state index contributed by atoms with van der Waals surface area (Å²) in [7, 11) is 3.25. The summed E-state index contributed by atoms with van der Waals surface area (Å²) in [4.78, 5) is 17.7. The molecular weight excluding hydrogens is 278 g/mol. The molecule has 1 heterocycles. The van der Waals surface area contributed by atoms with Gasteiger partial charge in [-0.3, -0.25) is 4.84 Å². The van der Waals surface area contributed by atoms with E-state index in [4.69, 9.17) is 9.57 Å². The van der Waals surface area contributed by atoms with Crippen LogP contribution >= 0.6 is 0 Å². The molecule has 4 nitrogen and oxygen atoms in total. The smallest absolute Gasteiger partial charge is 0.337 e. The zero-order valence-electron chi connectivity index (χ0n) is 12.7. The molecule has 0 spiro atoms. The zero-order chi connectivity index (χ0) is 15.6. The van der Waals surface area contributed by atoms with Crippen LogP contribution in [0.15, 0.2) is 60.7 Å². The highest BCUT2D eigenvalue weighted by atomic mass is 16.7. The van der Waals surface area contributed by atoms with Gasteiger partial charge in [-0.2, -0.15) is 5.06 Å². The van der Waals surface area contributed by atoms with Gasteiger partial charge in [0, 0.05) is 13.5 Å². The number of hydrogen-bond donors (Lipinski definition) is 0. The number of hydrogen-bond acceptors (Lipinski definition) is 4. The summed E-state index contributed by atoms with van der Waals surface area (Å²) < 4.78 is 4.86. The van der Waals surface area contributed by atoms with Gasteiger partial charge in [-0.05, 0) is 11.1 Å². The fourth-order valence-corrected chi connectivity index (χ4v) is 3.17. The number of nitrogens with zero attached hydrogens (tertiary/aromatic N) is 1. The van der Waals surface area contributed by atoms with Crippen molar-refractivity contribution in [3.05, 3.63) is 71.8 Å². The Balaban J connectivity index is 2.11. The molecule has 0 radical (unpaired) electrons. The molecule has 0 bridgehead atoms. The molecule has 2 aromatic rings. The molecule has 0 amide bonds. The third kappa shape index (κ3) is 2.30. The summed E-state index contributed by atoms with van der Waals surface area (Å²) >= 11 is 0. The normalized spacial score (nSPS) is 20.7. The van der Waals surface area contributed by atoms with Crippen molar-refractivity contribution in [2.45, 2.75) is 18.1 Å². The highest BCUT2D eigenvalue weighted by Crippen LogP contribution is 2.44. The summed E-state index contributed by atoms with van der Waals surface area (Å²) in [6, 6.07) is 20.2. The highest BCUT2D eigenvalue weighted by molar-refractivity contribution is 5.75. The molecule has 0 saturated carbocycles. The van der Waals surface area contributed by atoms with E-state index >= 15 is 0 Å². The molecule has 2 aromatic carbocycles. The summed E-state index contributed by atoms with van der Waals surface area (Å²) in [5.41, 5.74) is 1.69. The van der Waals surface area contributed by atoms with Gasteiger partial charge in [-0.25, -0.2) is 4.79 Å². The van der Waals surface area contributed by atoms with Crippen LogP contribution in [0.3, 0.4) is 0 Å². The summed E-state index contributed by atoms with van der Waals surface area (Å²) in [5.74, 6) is -0.347. The van der Waals surface area contributed by atoms with E-state index in [2.05, 4.69) is 24.3 Å². The predicted octanol–water partition coefficient (Wildman–Crippen LogP) is 2.74. The van der Waals surface area contributed by atoms with Gasteiger partial charge < -0.3 is 4.74 Å². The SMILES string of the molecule is COC(=O)C1CC(c2ccccc2)(c2ccccc2)N(C)O1. The monoisotopic (exact) mass is 297 g/mol. The van der Waals surface area contributed by atoms with E-state index in [1.54, 1.807) is 5.06 Å². The minimum absolute atomic E-state index is 0.347. The quantitative estimate of drug-likeness (QED) is 0.817. The van der Waals surface area contributed by atoms with Crippen molar-refractivity contribution in [1.82, 2.24) is 5.06 Å². The molecule has 0 aliphatic carbocycles. The number of carbonyl (C=O) groups is 1. The van der Waals surface area contributed by atoms with E-state index in [9.17, 15) is 4.79 Å². The molecule has 1 fully saturated rings. The average molecular weight is 297 g/mol. The second-order valence-electron chi connectivity index (χ2n) is 5.41. The fraction of sp³-hybridized carbons (Fsp3) is 0.278. The molecule has 1 saturated heterocycles. The number of benzene rings is 2. The zero-order valence-corrected chi connectivity index (χ0v) is 12.7. The third-order valence-corrected chi connectivity index (χ3v) is 4.27. The Morgan fingerprint density at radius 1 is 1.09 bits per heavy atom. The first-order valence-corrected chi connectivity index (χ1v) is 7.28. The van der Waals surface area contributed by atoms with Gasteiger partial charge in [-0.15, -0.1) is 0 Å². The Labute approximate surface area is 130 Å². The molecule has 22 heavy (non-hydrogen) atoms. The van der Waals surface area contributed by atoms with Crippen molar-refractivity contribution < 1.29 is 14.4 Å². The van der Waals surface area contributed by atoms with Crippen molar-refractivity contribution in [2.24, 2.45) is 0 Å². The fourth-order valence-electron chi connectivity index (χ4n) is 3.17. The highest BCUT2D eigenvalue weighted by Gasteiger charge is 2.50. The first kappa shape index (κ1) is 14.8. The van der Waals surface area contributed by atoms with Crippen molar-refractivity contribution >= 4 is 5.97 Å². The number of carbonyl (C=O) groups excluding carboxylic acids is 1. The van der Waals surface area contributed by atoms with Crippen molar-refractivity contribution in [3.8, 4) is 0 Å². The van der Waals surface area contributed by atoms with Crippen LogP contribution in [0, 0.1) is 0 Å². The third-order valence-electron chi connectivity index (χ3n) is 4.27. The van der Waals surface area contributed by atoms with Gasteiger partial charge >= 0.3 is 5.97 Å². The predicted molar refractivity (Wildman–Crippen MR) is 82.9 cm³/mol. The van der Waals surface area contributed by atoms with Gasteiger partial charge in [0.25, 0.3) is 0 Å². The molecule has 114 valence electrons. The molecule has 1 atom stereocenters. The molecule has 1 unspecified atom stereocenters. The number of ether oxygens (including phenoxy) is 1. The van der Waals surface area contributed by atoms with Crippen LogP contribution in [0.4, 0.5) is 0 Å². The van der Waals surface area contributed by atoms with Gasteiger partial charge in [0.05, 0.1) is 12.6 Å². The van der Waals surface area contributed by atoms with Gasteiger partial charge in [0.2, 0.25) is 0 Å². The van der Waals surface area contributed by atoms with Crippen LogP contribution in [-0.2, 0) is 19.9 Å². The number of esters is 1.